The van der Waals surface area contributed by atoms with Crippen molar-refractivity contribution in [1.82, 2.24) is 20.2 Å². The summed E-state index contributed by atoms with van der Waals surface area (Å²) in [7, 11) is 1.60. The average Bonchev–Trinajstić information content (AvgIpc) is 3.32. The normalized spacial score (nSPS) is 10.9. The molecule has 0 unspecified atom stereocenters. The Bertz CT molecular complexity index is 1400. The van der Waals surface area contributed by atoms with E-state index >= 15 is 0 Å². The molecule has 10 nitrogen and oxygen atoms in total. The molecule has 0 atom stereocenters. The number of thioether (sulfide) groups is 1. The van der Waals surface area contributed by atoms with E-state index in [0.29, 0.717) is 16.7 Å². The van der Waals surface area contributed by atoms with Gasteiger partial charge in [0.1, 0.15) is 5.75 Å². The first-order valence-electron chi connectivity index (χ1n) is 10.8. The lowest BCUT2D eigenvalue weighted by molar-refractivity contribution is -0.385. The van der Waals surface area contributed by atoms with E-state index < -0.39 is 10.8 Å². The summed E-state index contributed by atoms with van der Waals surface area (Å²) in [5, 5.41) is 24.2. The van der Waals surface area contributed by atoms with Gasteiger partial charge in [-0.25, -0.2) is 5.43 Å². The fourth-order valence-electron chi connectivity index (χ4n) is 3.32. The first-order chi connectivity index (χ1) is 17.5. The van der Waals surface area contributed by atoms with Crippen LogP contribution in [0.25, 0.3) is 17.1 Å². The number of benzene rings is 3. The molecule has 0 aliphatic heterocycles. The largest absolute Gasteiger partial charge is 0.497 e. The summed E-state index contributed by atoms with van der Waals surface area (Å²) in [5.41, 5.74) is 5.42. The molecule has 3 aromatic carbocycles. The zero-order chi connectivity index (χ0) is 25.5. The Kier molecular flexibility index (Phi) is 7.71. The first-order valence-corrected chi connectivity index (χ1v) is 11.8. The molecule has 0 fully saturated rings. The molecule has 0 spiro atoms. The number of nitrogens with one attached hydrogen (secondary N) is 1. The van der Waals surface area contributed by atoms with E-state index in [1.165, 1.54) is 24.0 Å². The van der Waals surface area contributed by atoms with Gasteiger partial charge in [0.25, 0.3) is 11.6 Å². The van der Waals surface area contributed by atoms with E-state index in [1.807, 2.05) is 60.0 Å². The van der Waals surface area contributed by atoms with Crippen LogP contribution in [0.4, 0.5) is 5.69 Å². The third-order valence-electron chi connectivity index (χ3n) is 5.13. The number of carbonyl (C=O) groups is 1. The van der Waals surface area contributed by atoms with Crippen molar-refractivity contribution >= 4 is 29.6 Å². The number of hydrogen-bond acceptors (Lipinski definition) is 8. The summed E-state index contributed by atoms with van der Waals surface area (Å²) in [6.45, 7) is 2.01. The zero-order valence-electron chi connectivity index (χ0n) is 19.5. The maximum atomic E-state index is 12.4. The van der Waals surface area contributed by atoms with Gasteiger partial charge in [0.15, 0.2) is 11.0 Å². The van der Waals surface area contributed by atoms with Crippen molar-refractivity contribution in [2.24, 2.45) is 5.10 Å². The van der Waals surface area contributed by atoms with Crippen LogP contribution in [0, 0.1) is 17.0 Å². The number of hydrogen-bond donors (Lipinski definition) is 1. The smallest absolute Gasteiger partial charge is 0.278 e. The Morgan fingerprint density at radius 2 is 1.83 bits per heavy atom. The molecule has 0 aliphatic rings. The number of nitro groups is 1. The molecular weight excluding hydrogens is 480 g/mol. The van der Waals surface area contributed by atoms with Crippen molar-refractivity contribution in [3.63, 3.8) is 0 Å². The first kappa shape index (κ1) is 24.6. The van der Waals surface area contributed by atoms with E-state index in [0.717, 1.165) is 16.8 Å². The number of carbonyl (C=O) groups excluding carboxylic acids is 1. The third-order valence-corrected chi connectivity index (χ3v) is 6.06. The molecule has 0 radical (unpaired) electrons. The molecule has 0 bridgehead atoms. The highest BCUT2D eigenvalue weighted by Gasteiger charge is 2.17. The van der Waals surface area contributed by atoms with Gasteiger partial charge in [-0.2, -0.15) is 5.10 Å². The SMILES string of the molecule is COc1ccc(-n2c(SCC(=O)N/N=C/c3ccccc3[N+](=O)[O-])nnc2-c2ccc(C)cc2)cc1. The highest BCUT2D eigenvalue weighted by Crippen LogP contribution is 2.29. The number of para-hydroxylation sites is 1. The van der Waals surface area contributed by atoms with Gasteiger partial charge in [-0.1, -0.05) is 53.7 Å². The third kappa shape index (κ3) is 5.76. The second-order valence-electron chi connectivity index (χ2n) is 7.60. The minimum absolute atomic E-state index is 0.0103. The van der Waals surface area contributed by atoms with Crippen LogP contribution >= 0.6 is 11.8 Å². The molecule has 36 heavy (non-hydrogen) atoms. The molecule has 4 aromatic rings. The summed E-state index contributed by atoms with van der Waals surface area (Å²) in [4.78, 5) is 23.0. The summed E-state index contributed by atoms with van der Waals surface area (Å²) in [6, 6.07) is 21.5. The van der Waals surface area contributed by atoms with Crippen LogP contribution in [0.1, 0.15) is 11.1 Å². The maximum Gasteiger partial charge on any atom is 0.278 e. The second-order valence-corrected chi connectivity index (χ2v) is 8.55. The van der Waals surface area contributed by atoms with Gasteiger partial charge in [-0.3, -0.25) is 19.5 Å². The number of hydrazone groups is 1. The number of ether oxygens (including phenoxy) is 1. The molecule has 0 saturated heterocycles. The van der Waals surface area contributed by atoms with Gasteiger partial charge in [-0.05, 0) is 37.3 Å². The number of aromatic nitrogens is 3. The highest BCUT2D eigenvalue weighted by atomic mass is 32.2. The molecule has 11 heteroatoms. The Labute approximate surface area is 211 Å². The van der Waals surface area contributed by atoms with Crippen LogP contribution < -0.4 is 10.2 Å². The van der Waals surface area contributed by atoms with Gasteiger partial charge in [-0.15, -0.1) is 10.2 Å². The maximum absolute atomic E-state index is 12.4. The van der Waals surface area contributed by atoms with Gasteiger partial charge < -0.3 is 4.74 Å². The van der Waals surface area contributed by atoms with Crippen molar-refractivity contribution in [2.75, 3.05) is 12.9 Å². The number of aryl methyl sites for hydroxylation is 1. The van der Waals surface area contributed by atoms with Gasteiger partial charge >= 0.3 is 0 Å². The van der Waals surface area contributed by atoms with E-state index in [2.05, 4.69) is 20.7 Å². The average molecular weight is 503 g/mol. The van der Waals surface area contributed by atoms with Crippen molar-refractivity contribution in [2.45, 2.75) is 12.1 Å². The van der Waals surface area contributed by atoms with Crippen molar-refractivity contribution in [3.8, 4) is 22.8 Å². The standard InChI is InChI=1S/C25H22N6O4S/c1-17-7-9-18(10-8-17)24-28-29-25(30(24)20-11-13-21(35-2)14-12-20)36-16-23(32)27-26-15-19-5-3-4-6-22(19)31(33)34/h3-15H,16H2,1-2H3,(H,27,32)/b26-15+. The molecule has 1 aromatic heterocycles. The van der Waals surface area contributed by atoms with Gasteiger partial charge in [0.05, 0.1) is 29.6 Å². The summed E-state index contributed by atoms with van der Waals surface area (Å²) < 4.78 is 7.14. The fraction of sp³-hybridized carbons (Fsp3) is 0.120. The minimum atomic E-state index is -0.503. The van der Waals surface area contributed by atoms with Crippen LogP contribution in [-0.4, -0.2) is 44.7 Å². The summed E-state index contributed by atoms with van der Waals surface area (Å²) in [6.07, 6.45) is 1.25. The Balaban J connectivity index is 1.52. The van der Waals surface area contributed by atoms with E-state index in [4.69, 9.17) is 4.74 Å². The van der Waals surface area contributed by atoms with Crippen molar-refractivity contribution in [1.29, 1.82) is 0 Å². The monoisotopic (exact) mass is 502 g/mol. The number of rotatable bonds is 9. The zero-order valence-corrected chi connectivity index (χ0v) is 20.3. The molecule has 182 valence electrons. The lowest BCUT2D eigenvalue weighted by Crippen LogP contribution is -2.20. The molecule has 0 saturated carbocycles. The van der Waals surface area contributed by atoms with E-state index in [1.54, 1.807) is 25.3 Å². The van der Waals surface area contributed by atoms with Crippen molar-refractivity contribution < 1.29 is 14.5 Å². The fourth-order valence-corrected chi connectivity index (χ4v) is 4.06. The van der Waals surface area contributed by atoms with Crippen LogP contribution in [0.15, 0.2) is 83.1 Å². The van der Waals surface area contributed by atoms with Gasteiger partial charge in [0.2, 0.25) is 0 Å². The van der Waals surface area contributed by atoms with Crippen LogP contribution in [-0.2, 0) is 4.79 Å². The second kappa shape index (κ2) is 11.3. The number of nitro benzene ring substituents is 1. The Morgan fingerprint density at radius 1 is 1.11 bits per heavy atom. The molecule has 1 N–H and O–H groups in total. The molecule has 4 rings (SSSR count). The quantitative estimate of drug-likeness (QED) is 0.156. The summed E-state index contributed by atoms with van der Waals surface area (Å²) >= 11 is 1.20. The van der Waals surface area contributed by atoms with E-state index in [-0.39, 0.29) is 17.0 Å². The van der Waals surface area contributed by atoms with E-state index in [9.17, 15) is 14.9 Å². The molecular formula is C25H22N6O4S. The predicted octanol–water partition coefficient (Wildman–Crippen LogP) is 4.40. The molecule has 1 heterocycles. The Hall–Kier alpha value is -4.51. The van der Waals surface area contributed by atoms with Crippen LogP contribution in [0.5, 0.6) is 5.75 Å². The highest BCUT2D eigenvalue weighted by molar-refractivity contribution is 7.99. The number of methoxy groups -OCH3 is 1. The topological polar surface area (TPSA) is 125 Å². The Morgan fingerprint density at radius 3 is 2.53 bits per heavy atom. The van der Waals surface area contributed by atoms with Crippen LogP contribution in [0.3, 0.4) is 0 Å². The van der Waals surface area contributed by atoms with Crippen LogP contribution in [0.2, 0.25) is 0 Å². The molecule has 1 amide bonds. The molecule has 0 aliphatic carbocycles. The lowest BCUT2D eigenvalue weighted by Gasteiger charge is -2.11. The summed E-state index contributed by atoms with van der Waals surface area (Å²) in [5.74, 6) is 0.971. The predicted molar refractivity (Wildman–Crippen MR) is 138 cm³/mol. The number of amides is 1. The van der Waals surface area contributed by atoms with Gasteiger partial charge in [0, 0.05) is 17.3 Å². The minimum Gasteiger partial charge on any atom is -0.497 e. The lowest BCUT2D eigenvalue weighted by atomic mass is 10.1. The number of nitrogens with zero attached hydrogens (tertiary/aromatic N) is 5. The van der Waals surface area contributed by atoms with Crippen molar-refractivity contribution in [3.05, 3.63) is 94.0 Å².